The van der Waals surface area contributed by atoms with Crippen LogP contribution < -0.4 is 11.4 Å². The Morgan fingerprint density at radius 3 is 2.38 bits per heavy atom. The lowest BCUT2D eigenvalue weighted by molar-refractivity contribution is -0.152. The molecule has 2 heterocycles. The highest BCUT2D eigenvalue weighted by atomic mass is 16.6. The molecule has 118 valence electrons. The van der Waals surface area contributed by atoms with Gasteiger partial charge in [0.1, 0.15) is 36.3 Å². The monoisotopic (exact) mass is 303 g/mol. The Kier molecular flexibility index (Phi) is 4.56. The van der Waals surface area contributed by atoms with Crippen LogP contribution in [0.4, 0.5) is 5.82 Å². The summed E-state index contributed by atoms with van der Waals surface area (Å²) in [7, 11) is 0. The molecule has 0 aliphatic carbocycles. The van der Waals surface area contributed by atoms with Crippen LogP contribution in [0.2, 0.25) is 0 Å². The normalized spacial score (nSPS) is 37.2. The molecule has 21 heavy (non-hydrogen) atoms. The number of ether oxygens (including phenoxy) is 1. The summed E-state index contributed by atoms with van der Waals surface area (Å²) >= 11 is 0. The summed E-state index contributed by atoms with van der Waals surface area (Å²) in [4.78, 5) is 15.2. The number of nitrogens with two attached hydrogens (primary N) is 1. The van der Waals surface area contributed by atoms with Crippen molar-refractivity contribution in [2.24, 2.45) is 0 Å². The van der Waals surface area contributed by atoms with E-state index in [0.29, 0.717) is 0 Å². The van der Waals surface area contributed by atoms with Gasteiger partial charge in [0.15, 0.2) is 6.23 Å². The maximum atomic E-state index is 11.8. The van der Waals surface area contributed by atoms with Crippen molar-refractivity contribution in [1.29, 1.82) is 0 Å². The standard InChI is InChI=1S/C11H17N3O7/c12-5-1-2-14(11(20)13-5)10-9(19)8(18)7(17)6(16)4(3-15)21-10/h1-2,4,6-10,15-19H,3H2,(H2,12,13,20)/t4-,6-,7+,8-,9-,10-/m1/s1. The number of rotatable bonds is 2. The fraction of sp³-hybridized carbons (Fsp3) is 0.636. The van der Waals surface area contributed by atoms with E-state index in [2.05, 4.69) is 4.98 Å². The van der Waals surface area contributed by atoms with Gasteiger partial charge in [0.25, 0.3) is 0 Å². The summed E-state index contributed by atoms with van der Waals surface area (Å²) in [6, 6.07) is 1.27. The number of aliphatic hydroxyl groups excluding tert-OH is 5. The average molecular weight is 303 g/mol. The summed E-state index contributed by atoms with van der Waals surface area (Å²) in [6.45, 7) is -0.689. The van der Waals surface area contributed by atoms with Gasteiger partial charge < -0.3 is 36.0 Å². The molecule has 0 radical (unpaired) electrons. The van der Waals surface area contributed by atoms with Crippen LogP contribution in [-0.2, 0) is 4.74 Å². The van der Waals surface area contributed by atoms with Crippen molar-refractivity contribution >= 4 is 5.82 Å². The van der Waals surface area contributed by atoms with Crippen LogP contribution >= 0.6 is 0 Å². The van der Waals surface area contributed by atoms with Gasteiger partial charge in [0.05, 0.1) is 6.61 Å². The first kappa shape index (κ1) is 15.8. The van der Waals surface area contributed by atoms with E-state index in [1.807, 2.05) is 0 Å². The third-order valence-corrected chi connectivity index (χ3v) is 3.34. The van der Waals surface area contributed by atoms with Gasteiger partial charge in [0, 0.05) is 6.20 Å². The summed E-state index contributed by atoms with van der Waals surface area (Å²) < 4.78 is 6.09. The van der Waals surface area contributed by atoms with Crippen LogP contribution in [0, 0.1) is 0 Å². The van der Waals surface area contributed by atoms with Crippen molar-refractivity contribution in [3.63, 3.8) is 0 Å². The predicted octanol–water partition coefficient (Wildman–Crippen LogP) is -3.84. The molecule has 0 unspecified atom stereocenters. The molecule has 10 nitrogen and oxygen atoms in total. The van der Waals surface area contributed by atoms with E-state index in [9.17, 15) is 30.3 Å². The zero-order valence-electron chi connectivity index (χ0n) is 10.9. The molecular weight excluding hydrogens is 286 g/mol. The van der Waals surface area contributed by atoms with Crippen molar-refractivity contribution in [2.45, 2.75) is 36.7 Å². The third-order valence-electron chi connectivity index (χ3n) is 3.34. The lowest BCUT2D eigenvalue weighted by atomic mass is 10.0. The smallest absolute Gasteiger partial charge is 0.351 e. The molecule has 2 rings (SSSR count). The Morgan fingerprint density at radius 2 is 1.81 bits per heavy atom. The van der Waals surface area contributed by atoms with E-state index in [1.165, 1.54) is 12.3 Å². The average Bonchev–Trinajstić information content (AvgIpc) is 2.53. The van der Waals surface area contributed by atoms with Crippen molar-refractivity contribution in [3.8, 4) is 0 Å². The number of aromatic nitrogens is 2. The molecule has 1 saturated heterocycles. The first-order chi connectivity index (χ1) is 9.86. The Labute approximate surface area is 118 Å². The Hall–Kier alpha value is -1.56. The van der Waals surface area contributed by atoms with Crippen LogP contribution in [-0.4, -0.2) is 72.2 Å². The van der Waals surface area contributed by atoms with Crippen LogP contribution in [0.15, 0.2) is 17.1 Å². The molecule has 1 aromatic heterocycles. The van der Waals surface area contributed by atoms with Gasteiger partial charge in [0.2, 0.25) is 0 Å². The maximum Gasteiger partial charge on any atom is 0.351 e. The largest absolute Gasteiger partial charge is 0.394 e. The molecule has 0 aromatic carbocycles. The zero-order valence-corrected chi connectivity index (χ0v) is 10.9. The topological polar surface area (TPSA) is 171 Å². The van der Waals surface area contributed by atoms with Crippen LogP contribution in [0.5, 0.6) is 0 Å². The molecule has 1 aromatic rings. The Balaban J connectivity index is 2.43. The second-order valence-corrected chi connectivity index (χ2v) is 4.75. The van der Waals surface area contributed by atoms with Gasteiger partial charge in [-0.25, -0.2) is 4.79 Å². The van der Waals surface area contributed by atoms with Crippen LogP contribution in [0.3, 0.4) is 0 Å². The molecule has 1 fully saturated rings. The molecule has 0 bridgehead atoms. The zero-order chi connectivity index (χ0) is 15.7. The fourth-order valence-corrected chi connectivity index (χ4v) is 2.13. The highest BCUT2D eigenvalue weighted by molar-refractivity contribution is 5.23. The van der Waals surface area contributed by atoms with Crippen molar-refractivity contribution < 1.29 is 30.3 Å². The minimum atomic E-state index is -1.79. The number of nitrogens with zero attached hydrogens (tertiary/aromatic N) is 2. The number of anilines is 1. The van der Waals surface area contributed by atoms with Gasteiger partial charge in [-0.2, -0.15) is 4.98 Å². The predicted molar refractivity (Wildman–Crippen MR) is 67.9 cm³/mol. The van der Waals surface area contributed by atoms with Crippen LogP contribution in [0.1, 0.15) is 6.23 Å². The SMILES string of the molecule is Nc1ccn([C@@H]2O[C@H](CO)[C@@H](O)[C@H](O)[C@@H](O)[C@H]2O)c(=O)n1. The molecule has 7 N–H and O–H groups in total. The highest BCUT2D eigenvalue weighted by Crippen LogP contribution is 2.26. The van der Waals surface area contributed by atoms with E-state index in [4.69, 9.17) is 10.5 Å². The lowest BCUT2D eigenvalue weighted by Gasteiger charge is -2.26. The van der Waals surface area contributed by atoms with E-state index in [0.717, 1.165) is 4.57 Å². The molecule has 0 amide bonds. The molecule has 10 heteroatoms. The summed E-state index contributed by atoms with van der Waals surface area (Å²) in [6.07, 6.45) is -8.48. The Morgan fingerprint density at radius 1 is 1.19 bits per heavy atom. The number of nitrogen functional groups attached to an aromatic ring is 1. The number of aliphatic hydroxyl groups is 5. The number of hydrogen-bond donors (Lipinski definition) is 6. The molecule has 6 atom stereocenters. The molecule has 0 spiro atoms. The van der Waals surface area contributed by atoms with Gasteiger partial charge in [-0.3, -0.25) is 4.57 Å². The summed E-state index contributed by atoms with van der Waals surface area (Å²) in [5, 5.41) is 48.5. The first-order valence-electron chi connectivity index (χ1n) is 6.20. The van der Waals surface area contributed by atoms with Crippen LogP contribution in [0.25, 0.3) is 0 Å². The maximum absolute atomic E-state index is 11.8. The van der Waals surface area contributed by atoms with E-state index in [-0.39, 0.29) is 5.82 Å². The van der Waals surface area contributed by atoms with Gasteiger partial charge in [-0.15, -0.1) is 0 Å². The summed E-state index contributed by atoms with van der Waals surface area (Å²) in [5.41, 5.74) is 4.50. The highest BCUT2D eigenvalue weighted by Gasteiger charge is 2.45. The second-order valence-electron chi connectivity index (χ2n) is 4.75. The van der Waals surface area contributed by atoms with E-state index < -0.39 is 49.0 Å². The molecule has 1 aliphatic rings. The fourth-order valence-electron chi connectivity index (χ4n) is 2.13. The molecular formula is C11H17N3O7. The quantitative estimate of drug-likeness (QED) is 0.320. The van der Waals surface area contributed by atoms with Gasteiger partial charge in [-0.1, -0.05) is 0 Å². The minimum Gasteiger partial charge on any atom is -0.394 e. The molecule has 1 aliphatic heterocycles. The number of hydrogen-bond acceptors (Lipinski definition) is 9. The van der Waals surface area contributed by atoms with Gasteiger partial charge >= 0.3 is 5.69 Å². The van der Waals surface area contributed by atoms with Crippen molar-refractivity contribution in [3.05, 3.63) is 22.7 Å². The third kappa shape index (κ3) is 2.90. The van der Waals surface area contributed by atoms with Crippen molar-refractivity contribution in [2.75, 3.05) is 12.3 Å². The van der Waals surface area contributed by atoms with E-state index in [1.54, 1.807) is 0 Å². The van der Waals surface area contributed by atoms with Crippen molar-refractivity contribution in [1.82, 2.24) is 9.55 Å². The first-order valence-corrected chi connectivity index (χ1v) is 6.20. The lowest BCUT2D eigenvalue weighted by Crippen LogP contribution is -2.47. The second kappa shape index (κ2) is 6.05. The Bertz CT molecular complexity index is 549. The van der Waals surface area contributed by atoms with Gasteiger partial charge in [-0.05, 0) is 6.07 Å². The molecule has 0 saturated carbocycles. The summed E-state index contributed by atoms with van der Waals surface area (Å²) in [5.74, 6) is -0.0429. The van der Waals surface area contributed by atoms with E-state index >= 15 is 0 Å². The minimum absolute atomic E-state index is 0.0429.